The number of hydrogen-bond donors (Lipinski definition) is 1. The highest BCUT2D eigenvalue weighted by Crippen LogP contribution is 2.18. The molecule has 88 valence electrons. The molecule has 0 radical (unpaired) electrons. The van der Waals surface area contributed by atoms with Gasteiger partial charge in [-0.2, -0.15) is 10.4 Å². The van der Waals surface area contributed by atoms with Crippen molar-refractivity contribution in [2.75, 3.05) is 0 Å². The van der Waals surface area contributed by atoms with E-state index >= 15 is 0 Å². The van der Waals surface area contributed by atoms with Gasteiger partial charge in [0, 0.05) is 11.9 Å². The van der Waals surface area contributed by atoms with E-state index in [1.54, 1.807) is 6.07 Å². The lowest BCUT2D eigenvalue weighted by Crippen LogP contribution is -2.03. The maximum atomic E-state index is 9.02. The van der Waals surface area contributed by atoms with Gasteiger partial charge in [-0.15, -0.1) is 0 Å². The molecular weight excluding hydrogens is 236 g/mol. The number of hydrogen-bond acceptors (Lipinski definition) is 2. The van der Waals surface area contributed by atoms with Gasteiger partial charge in [0.25, 0.3) is 0 Å². The smallest absolute Gasteiger partial charge is 0.151 e. The molecule has 0 unspecified atom stereocenters. The lowest BCUT2D eigenvalue weighted by atomic mass is 10.1. The molecule has 0 spiro atoms. The number of nitriles is 1. The lowest BCUT2D eigenvalue weighted by molar-refractivity contribution is 0.726. The van der Waals surface area contributed by atoms with Crippen LogP contribution in [0.15, 0.2) is 12.3 Å². The van der Waals surface area contributed by atoms with Crippen molar-refractivity contribution >= 4 is 11.6 Å². The van der Waals surface area contributed by atoms with Gasteiger partial charge in [0.15, 0.2) is 5.15 Å². The standard InChI is InChI=1S/C12H13ClN4/c1-3-11-8(2)9(5-14)6-17(11)7-10-4-12(13)16-15-10/h4,6H,3,7H2,1-2H3,(H,15,16). The quantitative estimate of drug-likeness (QED) is 0.908. The number of aromatic nitrogens is 3. The summed E-state index contributed by atoms with van der Waals surface area (Å²) in [4.78, 5) is 0. The minimum absolute atomic E-state index is 0.461. The summed E-state index contributed by atoms with van der Waals surface area (Å²) in [5.41, 5.74) is 3.89. The summed E-state index contributed by atoms with van der Waals surface area (Å²) in [7, 11) is 0. The molecule has 2 aromatic rings. The zero-order chi connectivity index (χ0) is 12.4. The molecule has 0 aromatic carbocycles. The molecule has 17 heavy (non-hydrogen) atoms. The number of aromatic amines is 1. The van der Waals surface area contributed by atoms with E-state index in [2.05, 4.69) is 27.8 Å². The van der Waals surface area contributed by atoms with Crippen LogP contribution >= 0.6 is 11.6 Å². The van der Waals surface area contributed by atoms with Gasteiger partial charge < -0.3 is 4.57 Å². The van der Waals surface area contributed by atoms with E-state index in [4.69, 9.17) is 16.9 Å². The number of nitrogens with zero attached hydrogens (tertiary/aromatic N) is 3. The van der Waals surface area contributed by atoms with E-state index in [1.165, 1.54) is 5.69 Å². The minimum atomic E-state index is 0.461. The fraction of sp³-hybridized carbons (Fsp3) is 0.333. The second-order valence-corrected chi connectivity index (χ2v) is 4.31. The summed E-state index contributed by atoms with van der Waals surface area (Å²) in [5, 5.41) is 16.2. The molecule has 4 nitrogen and oxygen atoms in total. The second kappa shape index (κ2) is 4.64. The summed E-state index contributed by atoms with van der Waals surface area (Å²) in [6.07, 6.45) is 2.78. The van der Waals surface area contributed by atoms with Crippen LogP contribution in [-0.4, -0.2) is 14.8 Å². The first kappa shape index (κ1) is 11.7. The van der Waals surface area contributed by atoms with E-state index in [-0.39, 0.29) is 0 Å². The summed E-state index contributed by atoms with van der Waals surface area (Å²) in [6.45, 7) is 4.72. The van der Waals surface area contributed by atoms with Crippen molar-refractivity contribution in [3.63, 3.8) is 0 Å². The highest BCUT2D eigenvalue weighted by Gasteiger charge is 2.11. The Morgan fingerprint density at radius 3 is 2.88 bits per heavy atom. The normalized spacial score (nSPS) is 10.5. The predicted molar refractivity (Wildman–Crippen MR) is 66.0 cm³/mol. The fourth-order valence-electron chi connectivity index (χ4n) is 2.02. The van der Waals surface area contributed by atoms with E-state index in [1.807, 2.05) is 13.1 Å². The molecule has 2 rings (SSSR count). The van der Waals surface area contributed by atoms with Crippen molar-refractivity contribution in [1.29, 1.82) is 5.26 Å². The first-order chi connectivity index (χ1) is 8.15. The Balaban J connectivity index is 2.36. The lowest BCUT2D eigenvalue weighted by Gasteiger charge is -2.06. The Morgan fingerprint density at radius 2 is 2.35 bits per heavy atom. The molecule has 2 aromatic heterocycles. The largest absolute Gasteiger partial charge is 0.344 e. The third-order valence-corrected chi connectivity index (χ3v) is 3.06. The van der Waals surface area contributed by atoms with Crippen LogP contribution in [0.3, 0.4) is 0 Å². The van der Waals surface area contributed by atoms with Gasteiger partial charge in [-0.3, -0.25) is 5.10 Å². The summed E-state index contributed by atoms with van der Waals surface area (Å²) in [6, 6.07) is 4.00. The van der Waals surface area contributed by atoms with Gasteiger partial charge in [0.1, 0.15) is 6.07 Å². The average molecular weight is 249 g/mol. The van der Waals surface area contributed by atoms with Crippen molar-refractivity contribution < 1.29 is 0 Å². The average Bonchev–Trinajstić information content (AvgIpc) is 2.83. The Bertz CT molecular complexity index is 574. The van der Waals surface area contributed by atoms with Crippen LogP contribution in [0.4, 0.5) is 0 Å². The van der Waals surface area contributed by atoms with Crippen LogP contribution in [-0.2, 0) is 13.0 Å². The van der Waals surface area contributed by atoms with Gasteiger partial charge in [-0.1, -0.05) is 18.5 Å². The maximum Gasteiger partial charge on any atom is 0.151 e. The third-order valence-electron chi connectivity index (χ3n) is 2.86. The van der Waals surface area contributed by atoms with Crippen LogP contribution in [0.25, 0.3) is 0 Å². The zero-order valence-electron chi connectivity index (χ0n) is 9.79. The highest BCUT2D eigenvalue weighted by molar-refractivity contribution is 6.29. The van der Waals surface area contributed by atoms with Crippen molar-refractivity contribution in [3.8, 4) is 6.07 Å². The summed E-state index contributed by atoms with van der Waals surface area (Å²) in [5.74, 6) is 0. The molecule has 0 atom stereocenters. The van der Waals surface area contributed by atoms with E-state index in [0.29, 0.717) is 11.7 Å². The van der Waals surface area contributed by atoms with Gasteiger partial charge in [-0.05, 0) is 25.0 Å². The van der Waals surface area contributed by atoms with E-state index in [0.717, 1.165) is 23.2 Å². The van der Waals surface area contributed by atoms with Crippen LogP contribution in [0.1, 0.15) is 29.4 Å². The summed E-state index contributed by atoms with van der Waals surface area (Å²) < 4.78 is 2.07. The number of rotatable bonds is 3. The van der Waals surface area contributed by atoms with Gasteiger partial charge >= 0.3 is 0 Å². The van der Waals surface area contributed by atoms with E-state index < -0.39 is 0 Å². The fourth-order valence-corrected chi connectivity index (χ4v) is 2.20. The topological polar surface area (TPSA) is 57.4 Å². The molecule has 0 aliphatic rings. The van der Waals surface area contributed by atoms with Gasteiger partial charge in [-0.25, -0.2) is 0 Å². The SMILES string of the molecule is CCc1c(C)c(C#N)cn1Cc1cc(Cl)n[nH]1. The second-order valence-electron chi connectivity index (χ2n) is 3.92. The molecule has 0 fully saturated rings. The first-order valence-electron chi connectivity index (χ1n) is 5.44. The third kappa shape index (κ3) is 2.20. The molecule has 1 N–H and O–H groups in total. The number of halogens is 1. The van der Waals surface area contributed by atoms with Crippen molar-refractivity contribution in [2.45, 2.75) is 26.8 Å². The van der Waals surface area contributed by atoms with Crippen LogP contribution < -0.4 is 0 Å². The Labute approximate surface area is 105 Å². The molecule has 2 heterocycles. The molecular formula is C12H13ClN4. The maximum absolute atomic E-state index is 9.02. The van der Waals surface area contributed by atoms with Gasteiger partial charge in [0.05, 0.1) is 17.8 Å². The molecule has 0 saturated heterocycles. The Hall–Kier alpha value is -1.73. The molecule has 0 aliphatic carbocycles. The first-order valence-corrected chi connectivity index (χ1v) is 5.82. The molecule has 5 heteroatoms. The van der Waals surface area contributed by atoms with Crippen LogP contribution in [0.5, 0.6) is 0 Å². The summed E-state index contributed by atoms with van der Waals surface area (Å²) >= 11 is 5.76. The van der Waals surface area contributed by atoms with Crippen LogP contribution in [0, 0.1) is 18.3 Å². The zero-order valence-corrected chi connectivity index (χ0v) is 10.5. The molecule has 0 aliphatic heterocycles. The van der Waals surface area contributed by atoms with Gasteiger partial charge in [0.2, 0.25) is 0 Å². The Kier molecular flexibility index (Phi) is 3.21. The van der Waals surface area contributed by atoms with Crippen molar-refractivity contribution in [1.82, 2.24) is 14.8 Å². The minimum Gasteiger partial charge on any atom is -0.344 e. The van der Waals surface area contributed by atoms with Crippen molar-refractivity contribution in [2.24, 2.45) is 0 Å². The van der Waals surface area contributed by atoms with E-state index in [9.17, 15) is 0 Å². The molecule has 0 amide bonds. The number of H-pyrrole nitrogens is 1. The predicted octanol–water partition coefficient (Wildman–Crippen LogP) is 2.66. The Morgan fingerprint density at radius 1 is 1.59 bits per heavy atom. The van der Waals surface area contributed by atoms with Crippen LogP contribution in [0.2, 0.25) is 5.15 Å². The molecule has 0 saturated carbocycles. The monoisotopic (exact) mass is 248 g/mol. The van der Waals surface area contributed by atoms with Crippen molar-refractivity contribution in [3.05, 3.63) is 39.9 Å². The highest BCUT2D eigenvalue weighted by atomic mass is 35.5. The number of nitrogens with one attached hydrogen (secondary N) is 1. The molecule has 0 bridgehead atoms.